The Balaban J connectivity index is 1.81. The zero-order valence-electron chi connectivity index (χ0n) is 12.6. The first kappa shape index (κ1) is 15.0. The van der Waals surface area contributed by atoms with Gasteiger partial charge in [0.2, 0.25) is 5.91 Å². The first-order chi connectivity index (χ1) is 10.4. The molecule has 4 nitrogen and oxygen atoms in total. The number of piperidine rings is 1. The van der Waals surface area contributed by atoms with E-state index in [4.69, 9.17) is 0 Å². The zero-order valence-corrected chi connectivity index (χ0v) is 12.6. The smallest absolute Gasteiger partial charge is 0.308 e. The number of rotatable bonds is 3. The topological polar surface area (TPSA) is 57.6 Å². The molecule has 1 aliphatic heterocycles. The normalized spacial score (nSPS) is 26.5. The quantitative estimate of drug-likeness (QED) is 0.933. The molecule has 1 aliphatic carbocycles. The summed E-state index contributed by atoms with van der Waals surface area (Å²) < 4.78 is 13.1. The van der Waals surface area contributed by atoms with Gasteiger partial charge in [-0.3, -0.25) is 9.59 Å². The standard InChI is InChI=1S/C17H20FNO3/c1-11-8-12(15(20)21)10-19(9-11)16(22)17(6-7-17)13-2-4-14(18)5-3-13/h2-5,11-12H,6-10H2,1H3,(H,20,21). The maximum Gasteiger partial charge on any atom is 0.308 e. The largest absolute Gasteiger partial charge is 0.481 e. The number of likely N-dealkylation sites (tertiary alicyclic amines) is 1. The van der Waals surface area contributed by atoms with Crippen molar-refractivity contribution in [3.8, 4) is 0 Å². The van der Waals surface area contributed by atoms with Crippen LogP contribution in [0.2, 0.25) is 0 Å². The van der Waals surface area contributed by atoms with E-state index in [9.17, 15) is 19.1 Å². The molecule has 0 aromatic heterocycles. The van der Waals surface area contributed by atoms with Crippen LogP contribution < -0.4 is 0 Å². The summed E-state index contributed by atoms with van der Waals surface area (Å²) in [5.74, 6) is -1.46. The summed E-state index contributed by atoms with van der Waals surface area (Å²) in [6, 6.07) is 6.09. The predicted octanol–water partition coefficient (Wildman–Crippen LogP) is 2.43. The fourth-order valence-electron chi connectivity index (χ4n) is 3.52. The minimum Gasteiger partial charge on any atom is -0.481 e. The molecule has 1 N–H and O–H groups in total. The summed E-state index contributed by atoms with van der Waals surface area (Å²) in [5, 5.41) is 9.24. The van der Waals surface area contributed by atoms with Gasteiger partial charge in [0.05, 0.1) is 11.3 Å². The summed E-state index contributed by atoms with van der Waals surface area (Å²) >= 11 is 0. The van der Waals surface area contributed by atoms with E-state index in [0.717, 1.165) is 18.4 Å². The van der Waals surface area contributed by atoms with Gasteiger partial charge in [-0.15, -0.1) is 0 Å². The van der Waals surface area contributed by atoms with Crippen molar-refractivity contribution in [3.05, 3.63) is 35.6 Å². The van der Waals surface area contributed by atoms with Gasteiger partial charge in [0.15, 0.2) is 0 Å². The van der Waals surface area contributed by atoms with Crippen LogP contribution in [0.15, 0.2) is 24.3 Å². The summed E-state index contributed by atoms with van der Waals surface area (Å²) in [7, 11) is 0. The number of aliphatic carboxylic acids is 1. The monoisotopic (exact) mass is 305 g/mol. The molecule has 1 amide bonds. The maximum absolute atomic E-state index is 13.1. The van der Waals surface area contributed by atoms with Gasteiger partial charge in [0.1, 0.15) is 5.82 Å². The van der Waals surface area contributed by atoms with Crippen LogP contribution in [0, 0.1) is 17.7 Å². The number of halogens is 1. The van der Waals surface area contributed by atoms with Crippen molar-refractivity contribution in [1.29, 1.82) is 0 Å². The van der Waals surface area contributed by atoms with E-state index in [2.05, 4.69) is 0 Å². The minimum absolute atomic E-state index is 0.00286. The Morgan fingerprint density at radius 2 is 1.86 bits per heavy atom. The third kappa shape index (κ3) is 2.60. The van der Waals surface area contributed by atoms with Crippen molar-refractivity contribution < 1.29 is 19.1 Å². The molecule has 2 unspecified atom stereocenters. The number of carboxylic acid groups (broad SMARTS) is 1. The van der Waals surface area contributed by atoms with E-state index in [-0.39, 0.29) is 24.2 Å². The lowest BCUT2D eigenvalue weighted by atomic mass is 9.87. The highest BCUT2D eigenvalue weighted by Gasteiger charge is 2.53. The fraction of sp³-hybridized carbons (Fsp3) is 0.529. The number of carbonyl (C=O) groups excluding carboxylic acids is 1. The number of carbonyl (C=O) groups is 2. The summed E-state index contributed by atoms with van der Waals surface area (Å²) in [4.78, 5) is 25.9. The molecule has 0 spiro atoms. The summed E-state index contributed by atoms with van der Waals surface area (Å²) in [6.07, 6.45) is 2.11. The number of benzene rings is 1. The highest BCUT2D eigenvalue weighted by atomic mass is 19.1. The van der Waals surface area contributed by atoms with Crippen LogP contribution in [-0.4, -0.2) is 35.0 Å². The van der Waals surface area contributed by atoms with Gasteiger partial charge >= 0.3 is 5.97 Å². The van der Waals surface area contributed by atoms with Crippen molar-refractivity contribution in [3.63, 3.8) is 0 Å². The third-order valence-corrected chi connectivity index (χ3v) is 4.85. The van der Waals surface area contributed by atoms with Gasteiger partial charge in [-0.25, -0.2) is 4.39 Å². The molecule has 3 rings (SSSR count). The highest BCUT2D eigenvalue weighted by molar-refractivity contribution is 5.91. The van der Waals surface area contributed by atoms with Gasteiger partial charge < -0.3 is 10.0 Å². The van der Waals surface area contributed by atoms with Gasteiger partial charge in [-0.1, -0.05) is 19.1 Å². The van der Waals surface area contributed by atoms with Gasteiger partial charge in [0, 0.05) is 13.1 Å². The van der Waals surface area contributed by atoms with Crippen LogP contribution in [-0.2, 0) is 15.0 Å². The van der Waals surface area contributed by atoms with Crippen LogP contribution in [0.1, 0.15) is 31.7 Å². The van der Waals surface area contributed by atoms with Crippen LogP contribution >= 0.6 is 0 Å². The average Bonchev–Trinajstić information content (AvgIpc) is 3.28. The number of hydrogen-bond donors (Lipinski definition) is 1. The summed E-state index contributed by atoms with van der Waals surface area (Å²) in [6.45, 7) is 2.86. The predicted molar refractivity (Wildman–Crippen MR) is 78.8 cm³/mol. The second kappa shape index (κ2) is 5.38. The Hall–Kier alpha value is -1.91. The first-order valence-electron chi connectivity index (χ1n) is 7.70. The lowest BCUT2D eigenvalue weighted by Gasteiger charge is -2.37. The zero-order chi connectivity index (χ0) is 15.9. The Bertz CT molecular complexity index is 594. The van der Waals surface area contributed by atoms with Gasteiger partial charge in [-0.2, -0.15) is 0 Å². The van der Waals surface area contributed by atoms with Crippen molar-refractivity contribution in [2.75, 3.05) is 13.1 Å². The van der Waals surface area contributed by atoms with Gasteiger partial charge in [0.25, 0.3) is 0 Å². The second-order valence-corrected chi connectivity index (χ2v) is 6.68. The number of nitrogens with zero attached hydrogens (tertiary/aromatic N) is 1. The SMILES string of the molecule is CC1CC(C(=O)O)CN(C(=O)C2(c3ccc(F)cc3)CC2)C1. The van der Waals surface area contributed by atoms with E-state index in [1.807, 2.05) is 6.92 Å². The lowest BCUT2D eigenvalue weighted by Crippen LogP contribution is -2.49. The minimum atomic E-state index is -0.837. The number of hydrogen-bond acceptors (Lipinski definition) is 2. The Labute approximate surface area is 128 Å². The molecule has 1 saturated heterocycles. The number of carboxylic acids is 1. The second-order valence-electron chi connectivity index (χ2n) is 6.68. The van der Waals surface area contributed by atoms with Gasteiger partial charge in [-0.05, 0) is 42.9 Å². The van der Waals surface area contributed by atoms with Crippen molar-refractivity contribution in [2.45, 2.75) is 31.6 Å². The van der Waals surface area contributed by atoms with E-state index >= 15 is 0 Å². The molecule has 1 aromatic rings. The Kier molecular flexibility index (Phi) is 3.67. The van der Waals surface area contributed by atoms with E-state index < -0.39 is 17.3 Å². The Morgan fingerprint density at radius 1 is 1.23 bits per heavy atom. The molecule has 2 fully saturated rings. The van der Waals surface area contributed by atoms with E-state index in [1.54, 1.807) is 17.0 Å². The van der Waals surface area contributed by atoms with E-state index in [0.29, 0.717) is 13.0 Å². The van der Waals surface area contributed by atoms with Crippen molar-refractivity contribution in [1.82, 2.24) is 4.90 Å². The molecule has 1 saturated carbocycles. The van der Waals surface area contributed by atoms with Crippen LogP contribution in [0.4, 0.5) is 4.39 Å². The van der Waals surface area contributed by atoms with E-state index in [1.165, 1.54) is 12.1 Å². The summed E-state index contributed by atoms with van der Waals surface area (Å²) in [5.41, 5.74) is 0.275. The van der Waals surface area contributed by atoms with Crippen LogP contribution in [0.3, 0.4) is 0 Å². The van der Waals surface area contributed by atoms with Crippen molar-refractivity contribution >= 4 is 11.9 Å². The van der Waals surface area contributed by atoms with Crippen LogP contribution in [0.25, 0.3) is 0 Å². The molecule has 0 bridgehead atoms. The molecule has 2 aliphatic rings. The first-order valence-corrected chi connectivity index (χ1v) is 7.70. The highest BCUT2D eigenvalue weighted by Crippen LogP contribution is 2.50. The molecule has 0 radical (unpaired) electrons. The molecule has 1 heterocycles. The van der Waals surface area contributed by atoms with Crippen LogP contribution in [0.5, 0.6) is 0 Å². The fourth-order valence-corrected chi connectivity index (χ4v) is 3.52. The number of amides is 1. The third-order valence-electron chi connectivity index (χ3n) is 4.85. The molecule has 2 atom stereocenters. The molecule has 22 heavy (non-hydrogen) atoms. The molecule has 118 valence electrons. The molecule has 1 aromatic carbocycles. The molecular formula is C17H20FNO3. The average molecular weight is 305 g/mol. The van der Waals surface area contributed by atoms with Crippen molar-refractivity contribution in [2.24, 2.45) is 11.8 Å². The maximum atomic E-state index is 13.1. The Morgan fingerprint density at radius 3 is 2.41 bits per heavy atom. The lowest BCUT2D eigenvalue weighted by molar-refractivity contribution is -0.147. The molecular weight excluding hydrogens is 285 g/mol. The molecule has 5 heteroatoms.